The molecule has 0 radical (unpaired) electrons. The largest absolute Gasteiger partial charge is 0.466 e. The van der Waals surface area contributed by atoms with Crippen LogP contribution in [-0.2, 0) is 20.7 Å². The molecule has 3 aromatic rings. The first kappa shape index (κ1) is 19.9. The lowest BCUT2D eigenvalue weighted by Gasteiger charge is -2.16. The number of hydrogen-bond acceptors (Lipinski definition) is 5. The van der Waals surface area contributed by atoms with E-state index in [2.05, 4.69) is 0 Å². The van der Waals surface area contributed by atoms with Gasteiger partial charge in [-0.25, -0.2) is 5.48 Å². The van der Waals surface area contributed by atoms with Gasteiger partial charge in [-0.1, -0.05) is 48.5 Å². The number of ether oxygens (including phenoxy) is 2. The van der Waals surface area contributed by atoms with Gasteiger partial charge < -0.3 is 9.47 Å². The first-order valence-electron chi connectivity index (χ1n) is 9.93. The number of nitrogens with one attached hydrogen (secondary N) is 1. The summed E-state index contributed by atoms with van der Waals surface area (Å²) in [6, 6.07) is 21.4. The number of amides is 1. The SMILES string of the molecule is CCOC(=O)[C@@]1(Cc2ccc(Oc3cccc4ccccc34)cc2)CC1C(=O)NO. The minimum absolute atomic E-state index is 0.242. The van der Waals surface area contributed by atoms with Gasteiger partial charge in [-0.05, 0) is 48.9 Å². The molecule has 0 heterocycles. The normalized spacial score (nSPS) is 19.9. The fourth-order valence-corrected chi connectivity index (χ4v) is 3.95. The van der Waals surface area contributed by atoms with Crippen LogP contribution >= 0.6 is 0 Å². The zero-order valence-electron chi connectivity index (χ0n) is 16.6. The van der Waals surface area contributed by atoms with Gasteiger partial charge in [0.15, 0.2) is 0 Å². The van der Waals surface area contributed by atoms with E-state index in [1.807, 2.05) is 66.7 Å². The number of hydrogen-bond donors (Lipinski definition) is 2. The molecule has 1 saturated carbocycles. The zero-order chi connectivity index (χ0) is 21.1. The van der Waals surface area contributed by atoms with Crippen molar-refractivity contribution in [3.05, 3.63) is 72.3 Å². The summed E-state index contributed by atoms with van der Waals surface area (Å²) in [5.41, 5.74) is 1.61. The number of carbonyl (C=O) groups excluding carboxylic acids is 2. The van der Waals surface area contributed by atoms with Crippen LogP contribution in [0.4, 0.5) is 0 Å². The van der Waals surface area contributed by atoms with E-state index in [-0.39, 0.29) is 6.61 Å². The van der Waals surface area contributed by atoms with E-state index in [4.69, 9.17) is 14.7 Å². The summed E-state index contributed by atoms with van der Waals surface area (Å²) in [5, 5.41) is 11.1. The third-order valence-corrected chi connectivity index (χ3v) is 5.60. The summed E-state index contributed by atoms with van der Waals surface area (Å²) in [7, 11) is 0. The molecule has 1 aliphatic carbocycles. The third kappa shape index (κ3) is 3.74. The summed E-state index contributed by atoms with van der Waals surface area (Å²) in [6.07, 6.45) is 0.713. The molecule has 6 nitrogen and oxygen atoms in total. The predicted molar refractivity (Wildman–Crippen MR) is 111 cm³/mol. The Labute approximate surface area is 174 Å². The molecule has 0 spiro atoms. The molecular formula is C24H23NO5. The van der Waals surface area contributed by atoms with E-state index in [0.717, 1.165) is 22.1 Å². The highest BCUT2D eigenvalue weighted by Gasteiger charge is 2.64. The molecule has 154 valence electrons. The first-order valence-corrected chi connectivity index (χ1v) is 9.93. The molecule has 1 fully saturated rings. The van der Waals surface area contributed by atoms with Crippen molar-refractivity contribution in [2.24, 2.45) is 11.3 Å². The smallest absolute Gasteiger partial charge is 0.313 e. The van der Waals surface area contributed by atoms with Gasteiger partial charge in [0, 0.05) is 5.39 Å². The van der Waals surface area contributed by atoms with Crippen molar-refractivity contribution in [3.63, 3.8) is 0 Å². The van der Waals surface area contributed by atoms with Gasteiger partial charge in [0.2, 0.25) is 5.91 Å². The number of fused-ring (bicyclic) bond motifs is 1. The van der Waals surface area contributed by atoms with E-state index in [9.17, 15) is 9.59 Å². The van der Waals surface area contributed by atoms with Crippen molar-refractivity contribution in [2.75, 3.05) is 6.61 Å². The van der Waals surface area contributed by atoms with Crippen molar-refractivity contribution in [2.45, 2.75) is 19.8 Å². The Kier molecular flexibility index (Phi) is 5.42. The molecular weight excluding hydrogens is 382 g/mol. The maximum absolute atomic E-state index is 12.5. The summed E-state index contributed by atoms with van der Waals surface area (Å²) in [6.45, 7) is 1.97. The standard InChI is InChI=1S/C24H23NO5/c1-2-29-23(27)24(15-20(24)22(26)25-28)14-16-10-12-18(13-11-16)30-21-9-5-7-17-6-3-4-8-19(17)21/h3-13,20,28H,2,14-15H2,1H3,(H,25,26)/t20?,24-/m0/s1. The predicted octanol–water partition coefficient (Wildman–Crippen LogP) is 4.25. The number of rotatable bonds is 7. The van der Waals surface area contributed by atoms with Crippen LogP contribution in [0.2, 0.25) is 0 Å². The Hall–Kier alpha value is -3.38. The number of esters is 1. The maximum atomic E-state index is 12.5. The molecule has 30 heavy (non-hydrogen) atoms. The minimum atomic E-state index is -0.930. The molecule has 3 aromatic carbocycles. The van der Waals surface area contributed by atoms with Crippen molar-refractivity contribution >= 4 is 22.6 Å². The zero-order valence-corrected chi connectivity index (χ0v) is 16.6. The van der Waals surface area contributed by atoms with Crippen LogP contribution in [0.1, 0.15) is 18.9 Å². The topological polar surface area (TPSA) is 84.9 Å². The molecule has 0 aromatic heterocycles. The lowest BCUT2D eigenvalue weighted by atomic mass is 9.93. The van der Waals surface area contributed by atoms with Crippen LogP contribution < -0.4 is 10.2 Å². The minimum Gasteiger partial charge on any atom is -0.466 e. The van der Waals surface area contributed by atoms with Gasteiger partial charge in [-0.2, -0.15) is 0 Å². The van der Waals surface area contributed by atoms with E-state index >= 15 is 0 Å². The first-order chi connectivity index (χ1) is 14.6. The third-order valence-electron chi connectivity index (χ3n) is 5.60. The molecule has 4 rings (SSSR count). The second-order valence-corrected chi connectivity index (χ2v) is 7.51. The summed E-state index contributed by atoms with van der Waals surface area (Å²) < 4.78 is 11.3. The van der Waals surface area contributed by atoms with Gasteiger partial charge in [0.25, 0.3) is 0 Å². The van der Waals surface area contributed by atoms with E-state index < -0.39 is 23.2 Å². The highest BCUT2D eigenvalue weighted by atomic mass is 16.5. The molecule has 0 aliphatic heterocycles. The Morgan fingerprint density at radius 3 is 2.53 bits per heavy atom. The second-order valence-electron chi connectivity index (χ2n) is 7.51. The molecule has 1 unspecified atom stereocenters. The summed E-state index contributed by atoms with van der Waals surface area (Å²) >= 11 is 0. The lowest BCUT2D eigenvalue weighted by molar-refractivity contribution is -0.152. The molecule has 0 saturated heterocycles. The fraction of sp³-hybridized carbons (Fsp3) is 0.250. The Bertz CT molecular complexity index is 1070. The van der Waals surface area contributed by atoms with E-state index in [0.29, 0.717) is 18.6 Å². The summed E-state index contributed by atoms with van der Waals surface area (Å²) in [5.74, 6) is -0.103. The molecule has 6 heteroatoms. The van der Waals surface area contributed by atoms with Crippen LogP contribution in [-0.4, -0.2) is 23.7 Å². The summed E-state index contributed by atoms with van der Waals surface area (Å²) in [4.78, 5) is 24.4. The lowest BCUT2D eigenvalue weighted by Crippen LogP contribution is -2.30. The van der Waals surface area contributed by atoms with E-state index in [1.54, 1.807) is 12.4 Å². The highest BCUT2D eigenvalue weighted by molar-refractivity contribution is 5.93. The number of carbonyl (C=O) groups is 2. The monoisotopic (exact) mass is 405 g/mol. The Morgan fingerprint density at radius 1 is 1.07 bits per heavy atom. The number of benzene rings is 3. The Morgan fingerprint density at radius 2 is 1.80 bits per heavy atom. The van der Waals surface area contributed by atoms with Gasteiger partial charge in [-0.3, -0.25) is 14.8 Å². The molecule has 1 amide bonds. The van der Waals surface area contributed by atoms with Crippen LogP contribution in [0.15, 0.2) is 66.7 Å². The quantitative estimate of drug-likeness (QED) is 0.349. The molecule has 1 aliphatic rings. The number of hydroxylamine groups is 1. The van der Waals surface area contributed by atoms with Gasteiger partial charge in [-0.15, -0.1) is 0 Å². The molecule has 0 bridgehead atoms. The van der Waals surface area contributed by atoms with Crippen LogP contribution in [0, 0.1) is 11.3 Å². The van der Waals surface area contributed by atoms with Crippen molar-refractivity contribution < 1.29 is 24.3 Å². The molecule has 2 atom stereocenters. The average Bonchev–Trinajstić information content (AvgIpc) is 3.50. The average molecular weight is 405 g/mol. The van der Waals surface area contributed by atoms with Crippen molar-refractivity contribution in [1.29, 1.82) is 0 Å². The van der Waals surface area contributed by atoms with Crippen LogP contribution in [0.3, 0.4) is 0 Å². The van der Waals surface area contributed by atoms with E-state index in [1.165, 1.54) is 0 Å². The maximum Gasteiger partial charge on any atom is 0.313 e. The van der Waals surface area contributed by atoms with Crippen molar-refractivity contribution in [3.8, 4) is 11.5 Å². The fourth-order valence-electron chi connectivity index (χ4n) is 3.95. The highest BCUT2D eigenvalue weighted by Crippen LogP contribution is 2.56. The van der Waals surface area contributed by atoms with Crippen LogP contribution in [0.25, 0.3) is 10.8 Å². The second kappa shape index (κ2) is 8.16. The van der Waals surface area contributed by atoms with Gasteiger partial charge in [0.1, 0.15) is 11.5 Å². The van der Waals surface area contributed by atoms with Gasteiger partial charge in [0.05, 0.1) is 17.9 Å². The van der Waals surface area contributed by atoms with Crippen LogP contribution in [0.5, 0.6) is 11.5 Å². The molecule has 2 N–H and O–H groups in total. The Balaban J connectivity index is 1.51. The van der Waals surface area contributed by atoms with Crippen molar-refractivity contribution in [1.82, 2.24) is 5.48 Å². The van der Waals surface area contributed by atoms with Gasteiger partial charge >= 0.3 is 5.97 Å².